The van der Waals surface area contributed by atoms with E-state index in [-0.39, 0.29) is 11.4 Å². The van der Waals surface area contributed by atoms with Gasteiger partial charge in [0.05, 0.1) is 11.4 Å². The molecule has 0 spiro atoms. The number of imidazole rings is 1. The summed E-state index contributed by atoms with van der Waals surface area (Å²) in [5, 5.41) is 9.55. The Morgan fingerprint density at radius 3 is 2.55 bits per heavy atom. The van der Waals surface area contributed by atoms with Gasteiger partial charge in [0.1, 0.15) is 5.76 Å². The first-order valence-corrected chi connectivity index (χ1v) is 16.3. The van der Waals surface area contributed by atoms with Crippen molar-refractivity contribution in [2.24, 2.45) is 0 Å². The van der Waals surface area contributed by atoms with E-state index in [1.807, 2.05) is 45.0 Å². The summed E-state index contributed by atoms with van der Waals surface area (Å²) >= 11 is 1.79. The van der Waals surface area contributed by atoms with Crippen LogP contribution in [-0.4, -0.2) is 74.7 Å². The second kappa shape index (κ2) is 11.5. The lowest BCUT2D eigenvalue weighted by Gasteiger charge is -2.32. The van der Waals surface area contributed by atoms with Gasteiger partial charge in [-0.15, -0.1) is 11.3 Å². The predicted molar refractivity (Wildman–Crippen MR) is 176 cm³/mol. The maximum Gasteiger partial charge on any atom is 0.324 e. The van der Waals surface area contributed by atoms with Crippen molar-refractivity contribution in [2.75, 3.05) is 50.4 Å². The van der Waals surface area contributed by atoms with Gasteiger partial charge in [-0.3, -0.25) is 9.72 Å². The number of benzene rings is 1. The molecule has 1 aliphatic heterocycles. The summed E-state index contributed by atoms with van der Waals surface area (Å²) < 4.78 is 10.0. The summed E-state index contributed by atoms with van der Waals surface area (Å²) in [6, 6.07) is 9.14. The standard InChI is InChI=1S/C33H40N8O2S/c1-33(2,3)28-18-29(37-43-28)36-31(42)34-24-9-6-22(7-10-24)26-21-41-30-25-20-40(13-5-12-39-16-14-38(4)15-17-39)19-23(25)8-11-27(30)44-32(41)35-26/h6-7,9-10,18-21H,5,8,11-17H2,1-4H3,(H2,34,36,37,42). The maximum absolute atomic E-state index is 12.5. The van der Waals surface area contributed by atoms with E-state index in [0.717, 1.165) is 42.1 Å². The molecule has 5 aromatic rings. The molecule has 1 aliphatic carbocycles. The van der Waals surface area contributed by atoms with Crippen molar-refractivity contribution in [2.45, 2.75) is 52.0 Å². The average Bonchev–Trinajstić information content (AvgIpc) is 3.77. The Kier molecular flexibility index (Phi) is 7.55. The number of carbonyl (C=O) groups is 1. The van der Waals surface area contributed by atoms with Crippen LogP contribution in [0.25, 0.3) is 27.5 Å². The third kappa shape index (κ3) is 5.91. The molecule has 44 heavy (non-hydrogen) atoms. The van der Waals surface area contributed by atoms with Crippen LogP contribution in [0.3, 0.4) is 0 Å². The first kappa shape index (κ1) is 28.8. The number of rotatable bonds is 7. The summed E-state index contributed by atoms with van der Waals surface area (Å²) in [5.41, 5.74) is 6.49. The summed E-state index contributed by atoms with van der Waals surface area (Å²) in [6.07, 6.45) is 10.2. The van der Waals surface area contributed by atoms with Gasteiger partial charge in [0, 0.05) is 84.5 Å². The number of aromatic nitrogens is 4. The Balaban J connectivity index is 1.02. The molecule has 0 atom stereocenters. The van der Waals surface area contributed by atoms with E-state index in [1.165, 1.54) is 54.3 Å². The highest BCUT2D eigenvalue weighted by atomic mass is 32.1. The SMILES string of the molecule is CN1CCN(CCCn2cc3c(c2)-c2c(sc4nc(-c5ccc(NC(=O)Nc6cc(C(C)(C)C)on6)cc5)cn24)CC3)CC1. The zero-order valence-electron chi connectivity index (χ0n) is 25.9. The summed E-state index contributed by atoms with van der Waals surface area (Å²) in [4.78, 5) is 25.0. The van der Waals surface area contributed by atoms with E-state index in [0.29, 0.717) is 17.3 Å². The number of hydrogen-bond acceptors (Lipinski definition) is 7. The van der Waals surface area contributed by atoms with Gasteiger partial charge in [0.15, 0.2) is 10.8 Å². The number of hydrogen-bond donors (Lipinski definition) is 2. The van der Waals surface area contributed by atoms with Crippen LogP contribution in [-0.2, 0) is 24.8 Å². The Morgan fingerprint density at radius 2 is 1.80 bits per heavy atom. The quantitative estimate of drug-likeness (QED) is 0.227. The molecule has 5 heterocycles. The Morgan fingerprint density at radius 1 is 1.00 bits per heavy atom. The molecule has 1 saturated heterocycles. The molecule has 0 unspecified atom stereocenters. The monoisotopic (exact) mass is 612 g/mol. The smallest absolute Gasteiger partial charge is 0.324 e. The van der Waals surface area contributed by atoms with Gasteiger partial charge in [-0.2, -0.15) is 0 Å². The fourth-order valence-electron chi connectivity index (χ4n) is 6.06. The van der Waals surface area contributed by atoms with Gasteiger partial charge < -0.3 is 24.2 Å². The van der Waals surface area contributed by atoms with Gasteiger partial charge in [-0.25, -0.2) is 9.78 Å². The molecule has 2 amide bonds. The van der Waals surface area contributed by atoms with E-state index in [2.05, 4.69) is 60.2 Å². The molecule has 2 N–H and O–H groups in total. The van der Waals surface area contributed by atoms with Crippen molar-refractivity contribution in [1.29, 1.82) is 0 Å². The van der Waals surface area contributed by atoms with E-state index < -0.39 is 0 Å². The summed E-state index contributed by atoms with van der Waals surface area (Å²) in [7, 11) is 2.21. The lowest BCUT2D eigenvalue weighted by molar-refractivity contribution is 0.151. The number of amides is 2. The van der Waals surface area contributed by atoms with Crippen LogP contribution < -0.4 is 10.6 Å². The van der Waals surface area contributed by atoms with Crippen LogP contribution in [0.4, 0.5) is 16.3 Å². The Bertz CT molecular complexity index is 1780. The number of urea groups is 1. The fourth-order valence-corrected chi connectivity index (χ4v) is 7.18. The minimum atomic E-state index is -0.372. The number of fused-ring (bicyclic) bond motifs is 5. The molecule has 10 nitrogen and oxygen atoms in total. The van der Waals surface area contributed by atoms with Crippen LogP contribution in [0.2, 0.25) is 0 Å². The second-order valence-electron chi connectivity index (χ2n) is 13.1. The highest BCUT2D eigenvalue weighted by Crippen LogP contribution is 2.40. The number of nitrogens with zero attached hydrogens (tertiary/aromatic N) is 6. The maximum atomic E-state index is 12.5. The molecular formula is C33H40N8O2S. The van der Waals surface area contributed by atoms with Crippen molar-refractivity contribution in [3.05, 3.63) is 65.1 Å². The third-order valence-corrected chi connectivity index (χ3v) is 9.76. The number of nitrogens with one attached hydrogen (secondary N) is 2. The van der Waals surface area contributed by atoms with E-state index in [4.69, 9.17) is 9.51 Å². The molecular weight excluding hydrogens is 572 g/mol. The van der Waals surface area contributed by atoms with Crippen molar-refractivity contribution in [1.82, 2.24) is 28.9 Å². The third-order valence-electron chi connectivity index (χ3n) is 8.65. The van der Waals surface area contributed by atoms with Crippen LogP contribution in [0.1, 0.15) is 43.4 Å². The Hall–Kier alpha value is -3.93. The summed E-state index contributed by atoms with van der Waals surface area (Å²) in [6.45, 7) is 13.0. The predicted octanol–water partition coefficient (Wildman–Crippen LogP) is 6.20. The van der Waals surface area contributed by atoms with E-state index in [1.54, 1.807) is 17.4 Å². The van der Waals surface area contributed by atoms with Crippen LogP contribution in [0, 0.1) is 0 Å². The molecule has 1 fully saturated rings. The largest absolute Gasteiger partial charge is 0.359 e. The fraction of sp³-hybridized carbons (Fsp3) is 0.424. The van der Waals surface area contributed by atoms with Crippen LogP contribution in [0.5, 0.6) is 0 Å². The lowest BCUT2D eigenvalue weighted by atomic mass is 9.93. The number of anilines is 2. The molecule has 0 saturated carbocycles. The molecule has 2 aliphatic rings. The number of carbonyl (C=O) groups excluding carboxylic acids is 1. The highest BCUT2D eigenvalue weighted by molar-refractivity contribution is 7.17. The van der Waals surface area contributed by atoms with Gasteiger partial charge >= 0.3 is 6.03 Å². The molecule has 1 aromatic carbocycles. The van der Waals surface area contributed by atoms with Gasteiger partial charge in [-0.1, -0.05) is 38.1 Å². The summed E-state index contributed by atoms with van der Waals surface area (Å²) in [5.74, 6) is 1.10. The van der Waals surface area contributed by atoms with Crippen molar-refractivity contribution in [3.8, 4) is 22.5 Å². The van der Waals surface area contributed by atoms with Crippen molar-refractivity contribution in [3.63, 3.8) is 0 Å². The average molecular weight is 613 g/mol. The molecule has 4 aromatic heterocycles. The highest BCUT2D eigenvalue weighted by Gasteiger charge is 2.25. The number of thiazole rings is 1. The Labute approximate surface area is 261 Å². The zero-order chi connectivity index (χ0) is 30.4. The first-order chi connectivity index (χ1) is 21.2. The number of piperazine rings is 1. The van der Waals surface area contributed by atoms with Crippen LogP contribution in [0.15, 0.2) is 53.4 Å². The number of aryl methyl sites for hydroxylation is 3. The normalized spacial score (nSPS) is 15.8. The minimum absolute atomic E-state index is 0.183. The molecule has 11 heteroatoms. The second-order valence-corrected chi connectivity index (χ2v) is 14.1. The lowest BCUT2D eigenvalue weighted by Crippen LogP contribution is -2.44. The zero-order valence-corrected chi connectivity index (χ0v) is 26.7. The molecule has 230 valence electrons. The number of likely N-dealkylation sites (N-methyl/N-ethyl adjacent to an activating group) is 1. The molecule has 0 bridgehead atoms. The van der Waals surface area contributed by atoms with Crippen molar-refractivity contribution < 1.29 is 9.32 Å². The molecule has 0 radical (unpaired) electrons. The first-order valence-electron chi connectivity index (χ1n) is 15.5. The van der Waals surface area contributed by atoms with Crippen molar-refractivity contribution >= 4 is 33.8 Å². The molecule has 7 rings (SSSR count). The minimum Gasteiger partial charge on any atom is -0.359 e. The van der Waals surface area contributed by atoms with E-state index >= 15 is 0 Å². The van der Waals surface area contributed by atoms with Gasteiger partial charge in [0.2, 0.25) is 0 Å². The van der Waals surface area contributed by atoms with E-state index in [9.17, 15) is 4.79 Å². The van der Waals surface area contributed by atoms with Gasteiger partial charge in [0.25, 0.3) is 0 Å². The topological polar surface area (TPSA) is 95.9 Å². The van der Waals surface area contributed by atoms with Crippen LogP contribution >= 0.6 is 11.3 Å². The van der Waals surface area contributed by atoms with Gasteiger partial charge in [-0.05, 0) is 50.6 Å².